The number of aromatic hydroxyl groups is 1. The fraction of sp³-hybridized carbons (Fsp3) is 0. The number of hydrogen-bond donors (Lipinski definition) is 1. The summed E-state index contributed by atoms with van der Waals surface area (Å²) in [6, 6.07) is 27.4. The van der Waals surface area contributed by atoms with E-state index >= 15 is 0 Å². The van der Waals surface area contributed by atoms with Crippen molar-refractivity contribution in [1.29, 1.82) is 0 Å². The number of hydrogen-bond acceptors (Lipinski definition) is 6. The van der Waals surface area contributed by atoms with Gasteiger partial charge in [0.25, 0.3) is 0 Å². The van der Waals surface area contributed by atoms with Crippen LogP contribution < -0.4 is 0 Å². The minimum absolute atomic E-state index is 0.282. The van der Waals surface area contributed by atoms with Gasteiger partial charge < -0.3 is 5.11 Å². The van der Waals surface area contributed by atoms with E-state index in [1.54, 1.807) is 47.2 Å². The maximum absolute atomic E-state index is 9.23. The summed E-state index contributed by atoms with van der Waals surface area (Å²) in [4.78, 5) is 13.1. The highest BCUT2D eigenvalue weighted by Crippen LogP contribution is 2.31. The third-order valence-electron chi connectivity index (χ3n) is 4.63. The van der Waals surface area contributed by atoms with Crippen molar-refractivity contribution in [3.05, 3.63) is 97.3 Å². The molecule has 6 aromatic rings. The molecule has 0 saturated carbocycles. The summed E-state index contributed by atoms with van der Waals surface area (Å²) in [5.74, 6) is 0.282. The van der Waals surface area contributed by atoms with E-state index in [0.717, 1.165) is 32.2 Å². The highest BCUT2D eigenvalue weighted by Gasteiger charge is 2.05. The molecule has 0 spiro atoms. The summed E-state index contributed by atoms with van der Waals surface area (Å²) in [6.07, 6.45) is 3.59. The molecular weight excluding hydrogens is 422 g/mol. The Balaban J connectivity index is 0.000000132. The molecule has 0 aliphatic rings. The van der Waals surface area contributed by atoms with Gasteiger partial charge in [0.2, 0.25) is 0 Å². The zero-order valence-corrected chi connectivity index (χ0v) is 18.0. The molecule has 6 heteroatoms. The van der Waals surface area contributed by atoms with Crippen LogP contribution in [0.1, 0.15) is 0 Å². The number of phenolic OH excluding ortho intramolecular Hbond substituents is 1. The van der Waals surface area contributed by atoms with Gasteiger partial charge in [-0.1, -0.05) is 24.3 Å². The number of phenols is 1. The molecule has 31 heavy (non-hydrogen) atoms. The van der Waals surface area contributed by atoms with Crippen molar-refractivity contribution in [3.63, 3.8) is 0 Å². The van der Waals surface area contributed by atoms with Crippen molar-refractivity contribution in [2.24, 2.45) is 0 Å². The molecular formula is C25H17N3OS2. The molecule has 0 saturated heterocycles. The number of para-hydroxylation sites is 2. The smallest absolute Gasteiger partial charge is 0.124 e. The highest BCUT2D eigenvalue weighted by atomic mass is 32.1. The topological polar surface area (TPSA) is 58.9 Å². The predicted molar refractivity (Wildman–Crippen MR) is 130 cm³/mol. The van der Waals surface area contributed by atoms with Crippen molar-refractivity contribution in [1.82, 2.24) is 15.0 Å². The van der Waals surface area contributed by atoms with E-state index in [0.29, 0.717) is 0 Å². The molecule has 0 atom stereocenters. The molecule has 3 heterocycles. The van der Waals surface area contributed by atoms with Crippen molar-refractivity contribution in [3.8, 4) is 26.9 Å². The second-order valence-corrected chi connectivity index (χ2v) is 8.82. The van der Waals surface area contributed by atoms with E-state index in [4.69, 9.17) is 0 Å². The van der Waals surface area contributed by atoms with Crippen LogP contribution in [0.15, 0.2) is 97.3 Å². The van der Waals surface area contributed by atoms with Gasteiger partial charge in [-0.2, -0.15) is 0 Å². The van der Waals surface area contributed by atoms with E-state index in [-0.39, 0.29) is 5.75 Å². The van der Waals surface area contributed by atoms with Crippen molar-refractivity contribution < 1.29 is 5.11 Å². The molecule has 6 rings (SSSR count). The van der Waals surface area contributed by atoms with Gasteiger partial charge >= 0.3 is 0 Å². The second kappa shape index (κ2) is 8.63. The number of aromatic nitrogens is 3. The van der Waals surface area contributed by atoms with Crippen LogP contribution in [0.4, 0.5) is 0 Å². The first-order valence-corrected chi connectivity index (χ1v) is 11.3. The Morgan fingerprint density at radius 1 is 0.548 bits per heavy atom. The molecule has 1 N–H and O–H groups in total. The predicted octanol–water partition coefficient (Wildman–Crippen LogP) is 7.03. The van der Waals surface area contributed by atoms with Crippen molar-refractivity contribution >= 4 is 43.1 Å². The van der Waals surface area contributed by atoms with Gasteiger partial charge in [-0.3, -0.25) is 4.98 Å². The SMILES string of the molecule is Oc1ccc(-c2nc3ccccc3s2)cc1.c1ccc2sc(-c3ccncc3)nc2c1. The molecule has 3 aromatic heterocycles. The maximum atomic E-state index is 9.23. The van der Waals surface area contributed by atoms with Crippen LogP contribution in [0.2, 0.25) is 0 Å². The second-order valence-electron chi connectivity index (χ2n) is 6.76. The minimum atomic E-state index is 0.282. The molecule has 3 aromatic carbocycles. The standard InChI is InChI=1S/C13H9NOS.C12H8N2S/c15-10-7-5-9(6-8-10)13-14-11-3-1-2-4-12(11)16-13;1-2-4-11-10(3-1)14-12(15-11)9-5-7-13-8-6-9/h1-8,15H;1-8H. The summed E-state index contributed by atoms with van der Waals surface area (Å²) in [5, 5.41) is 11.3. The molecule has 150 valence electrons. The molecule has 0 bridgehead atoms. The first-order valence-electron chi connectivity index (χ1n) is 9.67. The van der Waals surface area contributed by atoms with Gasteiger partial charge in [-0.25, -0.2) is 9.97 Å². The summed E-state index contributed by atoms with van der Waals surface area (Å²) in [5.41, 5.74) is 4.26. The van der Waals surface area contributed by atoms with Gasteiger partial charge in [0.15, 0.2) is 0 Å². The lowest BCUT2D eigenvalue weighted by molar-refractivity contribution is 0.475. The zero-order valence-electron chi connectivity index (χ0n) is 16.3. The van der Waals surface area contributed by atoms with Gasteiger partial charge in [-0.15, -0.1) is 22.7 Å². The van der Waals surface area contributed by atoms with Crippen LogP contribution in [-0.4, -0.2) is 20.1 Å². The van der Waals surface area contributed by atoms with Crippen LogP contribution in [0.25, 0.3) is 41.6 Å². The normalized spacial score (nSPS) is 10.7. The van der Waals surface area contributed by atoms with Crippen LogP contribution >= 0.6 is 22.7 Å². The Bertz CT molecular complexity index is 1370. The molecule has 0 amide bonds. The van der Waals surface area contributed by atoms with Gasteiger partial charge in [0, 0.05) is 23.5 Å². The fourth-order valence-corrected chi connectivity index (χ4v) is 5.03. The van der Waals surface area contributed by atoms with Crippen LogP contribution in [0.3, 0.4) is 0 Å². The minimum Gasteiger partial charge on any atom is -0.508 e. The molecule has 0 fully saturated rings. The first kappa shape index (κ1) is 19.4. The number of pyridine rings is 1. The zero-order chi connectivity index (χ0) is 21.0. The van der Waals surface area contributed by atoms with Crippen LogP contribution in [0, 0.1) is 0 Å². The third kappa shape index (κ3) is 4.30. The van der Waals surface area contributed by atoms with Gasteiger partial charge in [0.1, 0.15) is 15.8 Å². The quantitative estimate of drug-likeness (QED) is 0.315. The number of benzene rings is 3. The van der Waals surface area contributed by atoms with E-state index in [1.165, 1.54) is 9.40 Å². The third-order valence-corrected chi connectivity index (χ3v) is 6.80. The Morgan fingerprint density at radius 2 is 1.03 bits per heavy atom. The Morgan fingerprint density at radius 3 is 1.55 bits per heavy atom. The molecule has 0 aliphatic carbocycles. The Hall–Kier alpha value is -3.61. The van der Waals surface area contributed by atoms with Crippen molar-refractivity contribution in [2.45, 2.75) is 0 Å². The number of nitrogens with zero attached hydrogens (tertiary/aromatic N) is 3. The molecule has 0 radical (unpaired) electrons. The van der Waals surface area contributed by atoms with E-state index < -0.39 is 0 Å². The average molecular weight is 440 g/mol. The molecule has 0 aliphatic heterocycles. The van der Waals surface area contributed by atoms with Gasteiger partial charge in [0.05, 0.1) is 20.4 Å². The number of fused-ring (bicyclic) bond motifs is 2. The number of rotatable bonds is 2. The summed E-state index contributed by atoms with van der Waals surface area (Å²) in [6.45, 7) is 0. The Labute approximate surface area is 187 Å². The fourth-order valence-electron chi connectivity index (χ4n) is 3.09. The molecule has 4 nitrogen and oxygen atoms in total. The van der Waals surface area contributed by atoms with E-state index in [2.05, 4.69) is 27.1 Å². The van der Waals surface area contributed by atoms with Crippen LogP contribution in [-0.2, 0) is 0 Å². The highest BCUT2D eigenvalue weighted by molar-refractivity contribution is 7.22. The van der Waals surface area contributed by atoms with Gasteiger partial charge in [-0.05, 0) is 60.7 Å². The summed E-state index contributed by atoms with van der Waals surface area (Å²) >= 11 is 3.37. The first-order chi connectivity index (χ1) is 15.3. The summed E-state index contributed by atoms with van der Waals surface area (Å²) < 4.78 is 2.41. The lowest BCUT2D eigenvalue weighted by Crippen LogP contribution is -1.75. The van der Waals surface area contributed by atoms with E-state index in [1.807, 2.05) is 60.7 Å². The Kier molecular flexibility index (Phi) is 5.39. The number of thiazole rings is 2. The van der Waals surface area contributed by atoms with E-state index in [9.17, 15) is 5.11 Å². The lowest BCUT2D eigenvalue weighted by atomic mass is 10.2. The summed E-state index contributed by atoms with van der Waals surface area (Å²) in [7, 11) is 0. The molecule has 0 unspecified atom stereocenters. The maximum Gasteiger partial charge on any atom is 0.124 e. The lowest BCUT2D eigenvalue weighted by Gasteiger charge is -1.95. The van der Waals surface area contributed by atoms with Crippen molar-refractivity contribution in [2.75, 3.05) is 0 Å². The monoisotopic (exact) mass is 439 g/mol. The van der Waals surface area contributed by atoms with Crippen LogP contribution in [0.5, 0.6) is 5.75 Å². The average Bonchev–Trinajstić information content (AvgIpc) is 3.45. The largest absolute Gasteiger partial charge is 0.508 e.